The second-order valence-electron chi connectivity index (χ2n) is 4.05. The van der Waals surface area contributed by atoms with E-state index in [0.717, 1.165) is 11.1 Å². The van der Waals surface area contributed by atoms with Crippen molar-refractivity contribution in [3.05, 3.63) is 65.2 Å². The number of nitrogens with one attached hydrogen (secondary N) is 1. The minimum atomic E-state index is -0.482. The molecule has 0 heterocycles. The van der Waals surface area contributed by atoms with Crippen molar-refractivity contribution in [1.82, 2.24) is 0 Å². The molecule has 0 spiro atoms. The van der Waals surface area contributed by atoms with Crippen LogP contribution in [0.1, 0.15) is 21.5 Å². The predicted octanol–water partition coefficient (Wildman–Crippen LogP) is 2.24. The number of anilines is 1. The van der Waals surface area contributed by atoms with Crippen LogP contribution < -0.4 is 17.0 Å². The highest BCUT2D eigenvalue weighted by atomic mass is 16.1. The van der Waals surface area contributed by atoms with Crippen LogP contribution in [0.25, 0.3) is 12.2 Å². The van der Waals surface area contributed by atoms with Gasteiger partial charge >= 0.3 is 0 Å². The Morgan fingerprint density at radius 2 is 1.79 bits per heavy atom. The van der Waals surface area contributed by atoms with Crippen LogP contribution in [0.2, 0.25) is 0 Å². The van der Waals surface area contributed by atoms with E-state index < -0.39 is 5.91 Å². The summed E-state index contributed by atoms with van der Waals surface area (Å²) in [5.74, 6) is 4.83. The van der Waals surface area contributed by atoms with E-state index in [4.69, 9.17) is 11.6 Å². The number of hydrogen-bond acceptors (Lipinski definition) is 3. The lowest BCUT2D eigenvalue weighted by Gasteiger charge is -2.05. The molecular formula is C15H15N3O. The number of primary amides is 1. The fourth-order valence-electron chi connectivity index (χ4n) is 1.75. The monoisotopic (exact) mass is 253 g/mol. The Bertz CT molecular complexity index is 606. The molecule has 0 aliphatic heterocycles. The van der Waals surface area contributed by atoms with Gasteiger partial charge in [0.25, 0.3) is 0 Å². The fraction of sp³-hybridized carbons (Fsp3) is 0. The van der Waals surface area contributed by atoms with Gasteiger partial charge in [0.1, 0.15) is 0 Å². The van der Waals surface area contributed by atoms with Gasteiger partial charge in [0.05, 0.1) is 0 Å². The molecule has 4 heteroatoms. The van der Waals surface area contributed by atoms with Gasteiger partial charge < -0.3 is 11.2 Å². The molecular weight excluding hydrogens is 238 g/mol. The molecule has 0 saturated carbocycles. The summed E-state index contributed by atoms with van der Waals surface area (Å²) in [4.78, 5) is 11.4. The zero-order chi connectivity index (χ0) is 13.7. The Morgan fingerprint density at radius 1 is 1.05 bits per heavy atom. The van der Waals surface area contributed by atoms with Crippen LogP contribution >= 0.6 is 0 Å². The lowest BCUT2D eigenvalue weighted by Crippen LogP contribution is -2.14. The first kappa shape index (κ1) is 12.9. The highest BCUT2D eigenvalue weighted by Gasteiger charge is 2.06. The molecule has 5 N–H and O–H groups in total. The Kier molecular flexibility index (Phi) is 3.95. The molecule has 2 aromatic carbocycles. The Balaban J connectivity index is 2.34. The molecule has 0 atom stereocenters. The van der Waals surface area contributed by atoms with Crippen LogP contribution in [0, 0.1) is 0 Å². The van der Waals surface area contributed by atoms with Crippen molar-refractivity contribution < 1.29 is 4.79 Å². The SMILES string of the molecule is NNc1ccc(/C=C/c2ccccc2)c(C(N)=O)c1. The van der Waals surface area contributed by atoms with Gasteiger partial charge in [0.2, 0.25) is 5.91 Å². The van der Waals surface area contributed by atoms with Gasteiger partial charge in [-0.05, 0) is 23.3 Å². The van der Waals surface area contributed by atoms with E-state index in [9.17, 15) is 4.79 Å². The predicted molar refractivity (Wildman–Crippen MR) is 78.1 cm³/mol. The van der Waals surface area contributed by atoms with E-state index in [2.05, 4.69) is 5.43 Å². The van der Waals surface area contributed by atoms with E-state index in [-0.39, 0.29) is 0 Å². The summed E-state index contributed by atoms with van der Waals surface area (Å²) in [7, 11) is 0. The number of hydrazine groups is 1. The molecule has 96 valence electrons. The quantitative estimate of drug-likeness (QED) is 0.444. The number of amides is 1. The second kappa shape index (κ2) is 5.84. The molecule has 19 heavy (non-hydrogen) atoms. The summed E-state index contributed by atoms with van der Waals surface area (Å²) in [5.41, 5.74) is 10.7. The molecule has 0 saturated heterocycles. The van der Waals surface area contributed by atoms with Gasteiger partial charge in [-0.2, -0.15) is 0 Å². The molecule has 0 unspecified atom stereocenters. The topological polar surface area (TPSA) is 81.1 Å². The van der Waals surface area contributed by atoms with Crippen LogP contribution in [0.15, 0.2) is 48.5 Å². The number of carbonyl (C=O) groups excluding carboxylic acids is 1. The summed E-state index contributed by atoms with van der Waals surface area (Å²) in [6.07, 6.45) is 3.78. The van der Waals surface area contributed by atoms with E-state index in [1.165, 1.54) is 0 Å². The molecule has 2 rings (SSSR count). The van der Waals surface area contributed by atoms with Gasteiger partial charge in [-0.25, -0.2) is 0 Å². The molecule has 1 amide bonds. The summed E-state index contributed by atoms with van der Waals surface area (Å²) >= 11 is 0. The first-order chi connectivity index (χ1) is 9.20. The van der Waals surface area contributed by atoms with E-state index in [0.29, 0.717) is 11.3 Å². The fourth-order valence-corrected chi connectivity index (χ4v) is 1.75. The van der Waals surface area contributed by atoms with Gasteiger partial charge in [0, 0.05) is 11.3 Å². The summed E-state index contributed by atoms with van der Waals surface area (Å²) in [5, 5.41) is 0. The van der Waals surface area contributed by atoms with Crippen LogP contribution in [0.4, 0.5) is 5.69 Å². The number of rotatable bonds is 4. The first-order valence-electron chi connectivity index (χ1n) is 5.84. The Hall–Kier alpha value is -2.59. The standard InChI is InChI=1S/C15H15N3O/c16-15(19)14-10-13(18-17)9-8-12(14)7-6-11-4-2-1-3-5-11/h1-10,18H,17H2,(H2,16,19)/b7-6+. The summed E-state index contributed by atoms with van der Waals surface area (Å²) < 4.78 is 0. The third-order valence-corrected chi connectivity index (χ3v) is 2.74. The number of benzene rings is 2. The molecule has 0 aliphatic carbocycles. The van der Waals surface area contributed by atoms with Gasteiger partial charge in [-0.3, -0.25) is 10.6 Å². The minimum absolute atomic E-state index is 0.433. The zero-order valence-electron chi connectivity index (χ0n) is 10.3. The molecule has 0 aliphatic rings. The van der Waals surface area contributed by atoms with Crippen LogP contribution in [0.5, 0.6) is 0 Å². The van der Waals surface area contributed by atoms with E-state index >= 15 is 0 Å². The van der Waals surface area contributed by atoms with Crippen molar-refractivity contribution in [2.45, 2.75) is 0 Å². The normalized spacial score (nSPS) is 10.6. The Morgan fingerprint density at radius 3 is 2.42 bits per heavy atom. The summed E-state index contributed by atoms with van der Waals surface area (Å²) in [6, 6.07) is 15.0. The van der Waals surface area contributed by atoms with Gasteiger partial charge in [-0.15, -0.1) is 0 Å². The van der Waals surface area contributed by atoms with Crippen molar-refractivity contribution in [1.29, 1.82) is 0 Å². The third kappa shape index (κ3) is 3.20. The van der Waals surface area contributed by atoms with Crippen molar-refractivity contribution in [3.8, 4) is 0 Å². The van der Waals surface area contributed by atoms with E-state index in [1.807, 2.05) is 42.5 Å². The maximum Gasteiger partial charge on any atom is 0.249 e. The van der Waals surface area contributed by atoms with Gasteiger partial charge in [0.15, 0.2) is 0 Å². The molecule has 0 fully saturated rings. The number of hydrogen-bond donors (Lipinski definition) is 3. The van der Waals surface area contributed by atoms with Crippen molar-refractivity contribution in [2.24, 2.45) is 11.6 Å². The smallest absolute Gasteiger partial charge is 0.249 e. The first-order valence-corrected chi connectivity index (χ1v) is 5.84. The average molecular weight is 253 g/mol. The summed E-state index contributed by atoms with van der Waals surface area (Å²) in [6.45, 7) is 0. The van der Waals surface area contributed by atoms with Crippen LogP contribution in [-0.4, -0.2) is 5.91 Å². The molecule has 0 bridgehead atoms. The van der Waals surface area contributed by atoms with Crippen molar-refractivity contribution in [3.63, 3.8) is 0 Å². The maximum absolute atomic E-state index is 11.4. The number of nitrogens with two attached hydrogens (primary N) is 2. The highest BCUT2D eigenvalue weighted by Crippen LogP contribution is 2.17. The third-order valence-electron chi connectivity index (χ3n) is 2.74. The highest BCUT2D eigenvalue weighted by molar-refractivity contribution is 5.98. The molecule has 2 aromatic rings. The van der Waals surface area contributed by atoms with Crippen LogP contribution in [-0.2, 0) is 0 Å². The van der Waals surface area contributed by atoms with E-state index in [1.54, 1.807) is 18.2 Å². The lowest BCUT2D eigenvalue weighted by atomic mass is 10.0. The number of nitrogen functional groups attached to an aromatic ring is 1. The molecule has 0 aromatic heterocycles. The van der Waals surface area contributed by atoms with Crippen molar-refractivity contribution >= 4 is 23.7 Å². The Labute approximate surface area is 111 Å². The average Bonchev–Trinajstić information content (AvgIpc) is 2.46. The van der Waals surface area contributed by atoms with Crippen molar-refractivity contribution in [2.75, 3.05) is 5.43 Å². The molecule has 4 nitrogen and oxygen atoms in total. The van der Waals surface area contributed by atoms with Crippen LogP contribution in [0.3, 0.4) is 0 Å². The molecule has 0 radical (unpaired) electrons. The van der Waals surface area contributed by atoms with Gasteiger partial charge in [-0.1, -0.05) is 48.6 Å². The minimum Gasteiger partial charge on any atom is -0.366 e. The maximum atomic E-state index is 11.4. The second-order valence-corrected chi connectivity index (χ2v) is 4.05. The largest absolute Gasteiger partial charge is 0.366 e. The number of carbonyl (C=O) groups is 1. The zero-order valence-corrected chi connectivity index (χ0v) is 10.3. The lowest BCUT2D eigenvalue weighted by molar-refractivity contribution is 0.1000.